The van der Waals surface area contributed by atoms with Gasteiger partial charge in [0.2, 0.25) is 0 Å². The van der Waals surface area contributed by atoms with Crippen molar-refractivity contribution < 1.29 is 4.39 Å². The molecule has 2 atom stereocenters. The van der Waals surface area contributed by atoms with E-state index in [9.17, 15) is 4.39 Å². The van der Waals surface area contributed by atoms with Gasteiger partial charge in [-0.25, -0.2) is 4.39 Å². The Bertz CT molecular complexity index is 356. The molecule has 0 amide bonds. The lowest BCUT2D eigenvalue weighted by Crippen LogP contribution is -2.33. The summed E-state index contributed by atoms with van der Waals surface area (Å²) in [6.45, 7) is 4.08. The smallest absolute Gasteiger partial charge is 0.127 e. The van der Waals surface area contributed by atoms with Gasteiger partial charge in [-0.1, -0.05) is 41.1 Å². The summed E-state index contributed by atoms with van der Waals surface area (Å²) in [5.41, 5.74) is 0.808. The Morgan fingerprint density at radius 3 is 2.88 bits per heavy atom. The zero-order valence-corrected chi connectivity index (χ0v) is 11.1. The Balaban J connectivity index is 2.08. The van der Waals surface area contributed by atoms with Crippen LogP contribution in [0.3, 0.4) is 0 Å². The molecule has 0 N–H and O–H groups in total. The van der Waals surface area contributed by atoms with Gasteiger partial charge < -0.3 is 0 Å². The van der Waals surface area contributed by atoms with Gasteiger partial charge in [-0.05, 0) is 24.9 Å². The van der Waals surface area contributed by atoms with Crippen molar-refractivity contribution >= 4 is 15.9 Å². The molecule has 2 unspecified atom stereocenters. The molecule has 3 heteroatoms. The van der Waals surface area contributed by atoms with E-state index in [1.807, 2.05) is 12.1 Å². The molecule has 2 rings (SSSR count). The van der Waals surface area contributed by atoms with Gasteiger partial charge >= 0.3 is 0 Å². The van der Waals surface area contributed by atoms with Crippen LogP contribution in [0.15, 0.2) is 24.3 Å². The lowest BCUT2D eigenvalue weighted by molar-refractivity contribution is 0.241. The molecule has 1 aromatic rings. The van der Waals surface area contributed by atoms with E-state index in [1.54, 1.807) is 6.07 Å². The van der Waals surface area contributed by atoms with E-state index >= 15 is 0 Å². The van der Waals surface area contributed by atoms with Crippen LogP contribution in [0.4, 0.5) is 4.39 Å². The minimum atomic E-state index is -0.0876. The summed E-state index contributed by atoms with van der Waals surface area (Å²) in [6.07, 6.45) is 1.21. The molecule has 0 aliphatic carbocycles. The number of rotatable bonds is 3. The number of hydrogen-bond acceptors (Lipinski definition) is 1. The summed E-state index contributed by atoms with van der Waals surface area (Å²) in [4.78, 5) is 2.37. The highest BCUT2D eigenvalue weighted by molar-refractivity contribution is 9.09. The molecule has 0 spiro atoms. The van der Waals surface area contributed by atoms with Gasteiger partial charge in [0.15, 0.2) is 0 Å². The molecule has 88 valence electrons. The number of alkyl halides is 1. The van der Waals surface area contributed by atoms with Crippen LogP contribution in [0.25, 0.3) is 0 Å². The average molecular weight is 286 g/mol. The summed E-state index contributed by atoms with van der Waals surface area (Å²) in [5, 5.41) is 0.975. The van der Waals surface area contributed by atoms with Crippen molar-refractivity contribution in [3.05, 3.63) is 35.6 Å². The van der Waals surface area contributed by atoms with Crippen LogP contribution in [0.2, 0.25) is 0 Å². The zero-order chi connectivity index (χ0) is 11.5. The molecule has 1 nitrogen and oxygen atoms in total. The van der Waals surface area contributed by atoms with Gasteiger partial charge in [0.05, 0.1) is 0 Å². The van der Waals surface area contributed by atoms with Crippen LogP contribution < -0.4 is 0 Å². The SMILES string of the molecule is CC1CCN(Cc2ccccc2F)C1CBr. The first-order chi connectivity index (χ1) is 7.72. The largest absolute Gasteiger partial charge is 0.295 e. The third kappa shape index (κ3) is 2.46. The second-order valence-corrected chi connectivity index (χ2v) is 5.20. The third-order valence-electron chi connectivity index (χ3n) is 3.49. The second kappa shape index (κ2) is 5.28. The molecule has 1 heterocycles. The van der Waals surface area contributed by atoms with Gasteiger partial charge in [-0.15, -0.1) is 0 Å². The van der Waals surface area contributed by atoms with Gasteiger partial charge in [0, 0.05) is 23.5 Å². The monoisotopic (exact) mass is 285 g/mol. The Labute approximate surface area is 105 Å². The number of benzene rings is 1. The van der Waals surface area contributed by atoms with Crippen molar-refractivity contribution in [2.75, 3.05) is 11.9 Å². The Kier molecular flexibility index (Phi) is 3.98. The molecular formula is C13H17BrFN. The van der Waals surface area contributed by atoms with E-state index in [4.69, 9.17) is 0 Å². The zero-order valence-electron chi connectivity index (χ0n) is 9.50. The summed E-state index contributed by atoms with van der Waals surface area (Å²) < 4.78 is 13.5. The molecule has 0 bridgehead atoms. The molecule has 1 aliphatic rings. The molecule has 0 saturated carbocycles. The van der Waals surface area contributed by atoms with Crippen LogP contribution in [0.5, 0.6) is 0 Å². The topological polar surface area (TPSA) is 3.24 Å². The van der Waals surface area contributed by atoms with Crippen LogP contribution in [-0.2, 0) is 6.54 Å². The van der Waals surface area contributed by atoms with Gasteiger partial charge in [-0.3, -0.25) is 4.90 Å². The minimum absolute atomic E-state index is 0.0876. The van der Waals surface area contributed by atoms with Crippen LogP contribution >= 0.6 is 15.9 Å². The van der Waals surface area contributed by atoms with E-state index in [0.29, 0.717) is 12.0 Å². The van der Waals surface area contributed by atoms with Crippen molar-refractivity contribution in [3.8, 4) is 0 Å². The number of likely N-dealkylation sites (tertiary alicyclic amines) is 1. The molecule has 1 aromatic carbocycles. The Hall–Kier alpha value is -0.410. The fourth-order valence-corrected chi connectivity index (χ4v) is 3.43. The maximum Gasteiger partial charge on any atom is 0.127 e. The standard InChI is InChI=1S/C13H17BrFN/c1-10-6-7-16(13(10)8-14)9-11-4-2-3-5-12(11)15/h2-5,10,13H,6-9H2,1H3. The molecule has 16 heavy (non-hydrogen) atoms. The highest BCUT2D eigenvalue weighted by atomic mass is 79.9. The molecule has 0 radical (unpaired) electrons. The quantitative estimate of drug-likeness (QED) is 0.769. The van der Waals surface area contributed by atoms with Crippen molar-refractivity contribution in [2.45, 2.75) is 25.9 Å². The predicted molar refractivity (Wildman–Crippen MR) is 68.2 cm³/mol. The lowest BCUT2D eigenvalue weighted by Gasteiger charge is -2.25. The van der Waals surface area contributed by atoms with Crippen molar-refractivity contribution in [3.63, 3.8) is 0 Å². The first-order valence-electron chi connectivity index (χ1n) is 5.75. The Morgan fingerprint density at radius 2 is 2.19 bits per heavy atom. The van der Waals surface area contributed by atoms with Gasteiger partial charge in [0.25, 0.3) is 0 Å². The van der Waals surface area contributed by atoms with E-state index in [-0.39, 0.29) is 5.82 Å². The summed E-state index contributed by atoms with van der Waals surface area (Å²) in [6, 6.07) is 7.61. The van der Waals surface area contributed by atoms with E-state index in [2.05, 4.69) is 27.8 Å². The van der Waals surface area contributed by atoms with E-state index in [1.165, 1.54) is 12.5 Å². The number of hydrogen-bond donors (Lipinski definition) is 0. The van der Waals surface area contributed by atoms with Gasteiger partial charge in [0.1, 0.15) is 5.82 Å². The van der Waals surface area contributed by atoms with Gasteiger partial charge in [-0.2, -0.15) is 0 Å². The number of halogens is 2. The maximum atomic E-state index is 13.5. The van der Waals surface area contributed by atoms with Crippen molar-refractivity contribution in [1.82, 2.24) is 4.90 Å². The van der Waals surface area contributed by atoms with Crippen molar-refractivity contribution in [2.24, 2.45) is 5.92 Å². The number of nitrogens with zero attached hydrogens (tertiary/aromatic N) is 1. The highest BCUT2D eigenvalue weighted by Crippen LogP contribution is 2.27. The summed E-state index contributed by atoms with van der Waals surface area (Å²) in [7, 11) is 0. The maximum absolute atomic E-state index is 13.5. The predicted octanol–water partition coefficient (Wildman–Crippen LogP) is 3.43. The minimum Gasteiger partial charge on any atom is -0.295 e. The fraction of sp³-hybridized carbons (Fsp3) is 0.538. The third-order valence-corrected chi connectivity index (χ3v) is 4.15. The normalized spacial score (nSPS) is 26.2. The lowest BCUT2D eigenvalue weighted by atomic mass is 10.0. The molecule has 1 fully saturated rings. The highest BCUT2D eigenvalue weighted by Gasteiger charge is 2.30. The van der Waals surface area contributed by atoms with Crippen molar-refractivity contribution in [1.29, 1.82) is 0 Å². The summed E-state index contributed by atoms with van der Waals surface area (Å²) >= 11 is 3.55. The van der Waals surface area contributed by atoms with E-state index in [0.717, 1.165) is 24.0 Å². The van der Waals surface area contributed by atoms with Crippen LogP contribution in [0, 0.1) is 11.7 Å². The summed E-state index contributed by atoms with van der Waals surface area (Å²) in [5.74, 6) is 0.613. The molecule has 1 aliphatic heterocycles. The van der Waals surface area contributed by atoms with E-state index < -0.39 is 0 Å². The molecule has 0 aromatic heterocycles. The first kappa shape index (κ1) is 12.1. The Morgan fingerprint density at radius 1 is 1.44 bits per heavy atom. The first-order valence-corrected chi connectivity index (χ1v) is 6.88. The molecular weight excluding hydrogens is 269 g/mol. The fourth-order valence-electron chi connectivity index (χ4n) is 2.38. The van der Waals surface area contributed by atoms with Crippen LogP contribution in [-0.4, -0.2) is 22.8 Å². The average Bonchev–Trinajstić information content (AvgIpc) is 2.63. The second-order valence-electron chi connectivity index (χ2n) is 4.55. The molecule has 1 saturated heterocycles. The van der Waals surface area contributed by atoms with Crippen LogP contribution in [0.1, 0.15) is 18.9 Å².